The average molecular weight is 341 g/mol. The van der Waals surface area contributed by atoms with E-state index in [4.69, 9.17) is 14.6 Å². The molecule has 0 aromatic heterocycles. The van der Waals surface area contributed by atoms with E-state index < -0.39 is 11.9 Å². The molecule has 0 saturated heterocycles. The molecule has 0 spiro atoms. The number of carbonyl (C=O) groups is 2. The van der Waals surface area contributed by atoms with E-state index in [1.165, 1.54) is 0 Å². The zero-order chi connectivity index (χ0) is 17.8. The van der Waals surface area contributed by atoms with Crippen molar-refractivity contribution in [3.8, 4) is 11.5 Å². The normalized spacial score (nSPS) is 13.3. The van der Waals surface area contributed by atoms with E-state index in [0.717, 1.165) is 11.1 Å². The molecule has 1 heterocycles. The van der Waals surface area contributed by atoms with Crippen LogP contribution in [0.25, 0.3) is 0 Å². The van der Waals surface area contributed by atoms with Gasteiger partial charge in [-0.2, -0.15) is 0 Å². The molecule has 1 aliphatic heterocycles. The van der Waals surface area contributed by atoms with Crippen molar-refractivity contribution in [2.45, 2.75) is 19.8 Å². The smallest absolute Gasteiger partial charge is 0.306 e. The van der Waals surface area contributed by atoms with Gasteiger partial charge in [-0.25, -0.2) is 0 Å². The summed E-state index contributed by atoms with van der Waals surface area (Å²) in [6, 6.07) is 12.7. The van der Waals surface area contributed by atoms with Gasteiger partial charge in [0.1, 0.15) is 0 Å². The molecule has 25 heavy (non-hydrogen) atoms. The van der Waals surface area contributed by atoms with Crippen molar-refractivity contribution in [3.05, 3.63) is 53.6 Å². The zero-order valence-electron chi connectivity index (χ0n) is 13.8. The summed E-state index contributed by atoms with van der Waals surface area (Å²) in [6.45, 7) is 1.88. The van der Waals surface area contributed by atoms with Crippen molar-refractivity contribution in [1.29, 1.82) is 0 Å². The fourth-order valence-corrected chi connectivity index (χ4v) is 2.61. The van der Waals surface area contributed by atoms with Crippen LogP contribution in [0.5, 0.6) is 11.5 Å². The monoisotopic (exact) mass is 341 g/mol. The minimum absolute atomic E-state index is 0.134. The highest BCUT2D eigenvalue weighted by atomic mass is 16.7. The topological polar surface area (TPSA) is 84.9 Å². The van der Waals surface area contributed by atoms with Crippen LogP contribution in [0.4, 0.5) is 5.69 Å². The van der Waals surface area contributed by atoms with Crippen LogP contribution in [0, 0.1) is 5.92 Å². The van der Waals surface area contributed by atoms with Crippen LogP contribution >= 0.6 is 0 Å². The van der Waals surface area contributed by atoms with Crippen LogP contribution in [0.1, 0.15) is 18.1 Å². The molecule has 2 N–H and O–H groups in total. The number of benzene rings is 2. The third kappa shape index (κ3) is 4.29. The predicted molar refractivity (Wildman–Crippen MR) is 91.8 cm³/mol. The Hall–Kier alpha value is -3.02. The number of rotatable bonds is 6. The molecular formula is C19H19NO5. The highest BCUT2D eigenvalue weighted by molar-refractivity contribution is 5.92. The number of hydrogen-bond acceptors (Lipinski definition) is 4. The van der Waals surface area contributed by atoms with Crippen LogP contribution < -0.4 is 14.8 Å². The van der Waals surface area contributed by atoms with E-state index in [1.807, 2.05) is 18.2 Å². The first kappa shape index (κ1) is 16.8. The summed E-state index contributed by atoms with van der Waals surface area (Å²) in [5.74, 6) is -0.0457. The van der Waals surface area contributed by atoms with Gasteiger partial charge >= 0.3 is 5.97 Å². The van der Waals surface area contributed by atoms with E-state index in [0.29, 0.717) is 23.6 Å². The molecule has 130 valence electrons. The van der Waals surface area contributed by atoms with Crippen molar-refractivity contribution in [1.82, 2.24) is 0 Å². The van der Waals surface area contributed by atoms with Gasteiger partial charge in [-0.1, -0.05) is 25.1 Å². The summed E-state index contributed by atoms with van der Waals surface area (Å²) >= 11 is 0. The Labute approximate surface area is 145 Å². The number of nitrogens with one attached hydrogen (secondary N) is 1. The Morgan fingerprint density at radius 1 is 1.08 bits per heavy atom. The highest BCUT2D eigenvalue weighted by Gasteiger charge is 2.15. The lowest BCUT2D eigenvalue weighted by molar-refractivity contribution is -0.141. The number of fused-ring (bicyclic) bond motifs is 1. The van der Waals surface area contributed by atoms with Crippen LogP contribution in [0.3, 0.4) is 0 Å². The van der Waals surface area contributed by atoms with Crippen molar-refractivity contribution in [2.24, 2.45) is 5.92 Å². The Balaban J connectivity index is 1.56. The summed E-state index contributed by atoms with van der Waals surface area (Å²) in [4.78, 5) is 23.1. The van der Waals surface area contributed by atoms with Gasteiger partial charge in [-0.05, 0) is 41.8 Å². The van der Waals surface area contributed by atoms with E-state index in [1.54, 1.807) is 31.2 Å². The van der Waals surface area contributed by atoms with E-state index in [9.17, 15) is 9.59 Å². The van der Waals surface area contributed by atoms with Crippen LogP contribution in [-0.2, 0) is 22.4 Å². The zero-order valence-corrected chi connectivity index (χ0v) is 13.8. The molecule has 6 nitrogen and oxygen atoms in total. The van der Waals surface area contributed by atoms with Gasteiger partial charge in [0.05, 0.1) is 12.3 Å². The Morgan fingerprint density at radius 3 is 2.48 bits per heavy atom. The average Bonchev–Trinajstić information content (AvgIpc) is 3.04. The number of anilines is 1. The molecule has 0 aliphatic carbocycles. The first-order valence-corrected chi connectivity index (χ1v) is 8.01. The Morgan fingerprint density at radius 2 is 1.76 bits per heavy atom. The van der Waals surface area contributed by atoms with E-state index >= 15 is 0 Å². The molecule has 0 saturated carbocycles. The standard InChI is InChI=1S/C19H19NO5/c1-12(19(22)23)8-13-2-5-15(6-3-13)20-18(21)10-14-4-7-16-17(9-14)25-11-24-16/h2-7,9,12H,8,10-11H2,1H3,(H,20,21)(H,22,23)/t12-/m1/s1. The highest BCUT2D eigenvalue weighted by Crippen LogP contribution is 2.32. The molecule has 2 aromatic rings. The minimum atomic E-state index is -0.818. The fourth-order valence-electron chi connectivity index (χ4n) is 2.61. The third-order valence-corrected chi connectivity index (χ3v) is 4.00. The van der Waals surface area contributed by atoms with Gasteiger partial charge in [0, 0.05) is 5.69 Å². The summed E-state index contributed by atoms with van der Waals surface area (Å²) < 4.78 is 10.6. The largest absolute Gasteiger partial charge is 0.481 e. The van der Waals surface area contributed by atoms with Crippen molar-refractivity contribution >= 4 is 17.6 Å². The molecule has 2 aromatic carbocycles. The number of carboxylic acid groups (broad SMARTS) is 1. The van der Waals surface area contributed by atoms with Gasteiger partial charge in [0.15, 0.2) is 11.5 Å². The lowest BCUT2D eigenvalue weighted by Crippen LogP contribution is -2.14. The molecule has 0 bridgehead atoms. The van der Waals surface area contributed by atoms with E-state index in [-0.39, 0.29) is 19.1 Å². The van der Waals surface area contributed by atoms with Gasteiger partial charge < -0.3 is 19.9 Å². The maximum atomic E-state index is 12.2. The van der Waals surface area contributed by atoms with Crippen molar-refractivity contribution in [2.75, 3.05) is 12.1 Å². The van der Waals surface area contributed by atoms with Crippen molar-refractivity contribution < 1.29 is 24.2 Å². The number of aliphatic carboxylic acids is 1. The summed E-state index contributed by atoms with van der Waals surface area (Å²) in [5.41, 5.74) is 2.44. The first-order valence-electron chi connectivity index (χ1n) is 8.01. The lowest BCUT2D eigenvalue weighted by Gasteiger charge is -2.09. The van der Waals surface area contributed by atoms with Crippen LogP contribution in [0.2, 0.25) is 0 Å². The van der Waals surface area contributed by atoms with E-state index in [2.05, 4.69) is 5.32 Å². The maximum Gasteiger partial charge on any atom is 0.306 e. The number of ether oxygens (including phenoxy) is 2. The summed E-state index contributed by atoms with van der Waals surface area (Å²) in [6.07, 6.45) is 0.690. The van der Waals surface area contributed by atoms with Gasteiger partial charge in [-0.3, -0.25) is 9.59 Å². The molecule has 0 unspecified atom stereocenters. The van der Waals surface area contributed by atoms with Gasteiger partial charge in [0.25, 0.3) is 0 Å². The molecule has 1 aliphatic rings. The second kappa shape index (κ2) is 7.25. The number of amides is 1. The quantitative estimate of drug-likeness (QED) is 0.844. The molecule has 3 rings (SSSR count). The molecule has 0 radical (unpaired) electrons. The van der Waals surface area contributed by atoms with Crippen LogP contribution in [0.15, 0.2) is 42.5 Å². The number of carboxylic acids is 1. The molecular weight excluding hydrogens is 322 g/mol. The number of carbonyl (C=O) groups excluding carboxylic acids is 1. The van der Waals surface area contributed by atoms with Crippen LogP contribution in [-0.4, -0.2) is 23.8 Å². The van der Waals surface area contributed by atoms with Gasteiger partial charge in [-0.15, -0.1) is 0 Å². The van der Waals surface area contributed by atoms with Gasteiger partial charge in [0.2, 0.25) is 12.7 Å². The summed E-state index contributed by atoms with van der Waals surface area (Å²) in [5, 5.41) is 11.8. The third-order valence-electron chi connectivity index (χ3n) is 4.00. The predicted octanol–water partition coefficient (Wildman–Crippen LogP) is 2.86. The Bertz CT molecular complexity index is 785. The summed E-state index contributed by atoms with van der Waals surface area (Å²) in [7, 11) is 0. The second-order valence-corrected chi connectivity index (χ2v) is 6.05. The molecule has 6 heteroatoms. The lowest BCUT2D eigenvalue weighted by atomic mass is 10.0. The van der Waals surface area contributed by atoms with Crippen molar-refractivity contribution in [3.63, 3.8) is 0 Å². The second-order valence-electron chi connectivity index (χ2n) is 6.05. The molecule has 0 fully saturated rings. The molecule has 1 atom stereocenters. The Kier molecular flexibility index (Phi) is 4.88. The minimum Gasteiger partial charge on any atom is -0.481 e. The fraction of sp³-hybridized carbons (Fsp3) is 0.263. The SMILES string of the molecule is C[C@H](Cc1ccc(NC(=O)Cc2ccc3c(c2)OCO3)cc1)C(=O)O. The molecule has 1 amide bonds. The maximum absolute atomic E-state index is 12.2. The first-order chi connectivity index (χ1) is 12.0. The number of hydrogen-bond donors (Lipinski definition) is 2.